The van der Waals surface area contributed by atoms with Crippen LogP contribution in [0.3, 0.4) is 0 Å². The van der Waals surface area contributed by atoms with Gasteiger partial charge in [-0.2, -0.15) is 0 Å². The van der Waals surface area contributed by atoms with E-state index in [0.717, 1.165) is 6.08 Å². The maximum atomic E-state index is 9.14. The normalized spacial score (nSPS) is 4.27. The summed E-state index contributed by atoms with van der Waals surface area (Å²) in [5.41, 5.74) is 0. The molecule has 15 heavy (non-hydrogen) atoms. The van der Waals surface area contributed by atoms with E-state index in [9.17, 15) is 0 Å². The summed E-state index contributed by atoms with van der Waals surface area (Å²) in [6.45, 7) is 2.90. The topological polar surface area (TPSA) is 141 Å². The molecule has 0 spiro atoms. The Morgan fingerprint density at radius 2 is 1.40 bits per heavy atom. The third kappa shape index (κ3) is 198. The number of carboxylic acids is 1. The van der Waals surface area contributed by atoms with E-state index in [2.05, 4.69) is 6.58 Å². The molecule has 0 aliphatic carbocycles. The van der Waals surface area contributed by atoms with Crippen LogP contribution < -0.4 is 103 Å². The van der Waals surface area contributed by atoms with Crippen LogP contribution in [0.5, 0.6) is 0 Å². The van der Waals surface area contributed by atoms with Gasteiger partial charge in [0.25, 0.3) is 0 Å². The molecule has 0 fully saturated rings. The SMILES string of the molecule is C=CC(=O)[O-].O=[Si]([O-])[O-].[Na+].[Na+].[Na+].[O]=[Al][OH]. The van der Waals surface area contributed by atoms with Gasteiger partial charge in [-0.15, -0.1) is 0 Å². The van der Waals surface area contributed by atoms with Gasteiger partial charge >= 0.3 is 112 Å². The Labute approximate surface area is 161 Å². The van der Waals surface area contributed by atoms with Crippen LogP contribution in [0.1, 0.15) is 0 Å². The summed E-state index contributed by atoms with van der Waals surface area (Å²) >= 11 is -1.50. The molecule has 0 radical (unpaired) electrons. The molecule has 7 nitrogen and oxygen atoms in total. The van der Waals surface area contributed by atoms with Crippen molar-refractivity contribution in [1.82, 2.24) is 0 Å². The van der Waals surface area contributed by atoms with Gasteiger partial charge in [-0.05, 0) is 6.08 Å². The number of carboxylic acid groups (broad SMARTS) is 1. The molecule has 68 valence electrons. The summed E-state index contributed by atoms with van der Waals surface area (Å²) in [4.78, 5) is 26.2. The van der Waals surface area contributed by atoms with Crippen LogP contribution >= 0.6 is 0 Å². The van der Waals surface area contributed by atoms with Gasteiger partial charge in [0.15, 0.2) is 0 Å². The fourth-order valence-electron chi connectivity index (χ4n) is 0. The van der Waals surface area contributed by atoms with Crippen molar-refractivity contribution in [3.05, 3.63) is 12.7 Å². The summed E-state index contributed by atoms with van der Waals surface area (Å²) in [7, 11) is -3.63. The number of carbonyl (C=O) groups excluding carboxylic acids is 1. The molecule has 1 N–H and O–H groups in total. The molecule has 0 aliphatic heterocycles. The Balaban J connectivity index is -0.0000000189. The molecule has 0 atom stereocenters. The zero-order valence-electron chi connectivity index (χ0n) is 8.76. The molecule has 0 aromatic carbocycles. The quantitative estimate of drug-likeness (QED) is 0.370. The standard InChI is InChI=1S/C3H4O2.Al.3Na.O3Si.H2O.O/c1-2-3(4)5;;;;;1-4(2)3;;/h2H,1H2,(H,4,5);;;;;;1H2;/q;4*+1;-2;;/p-2. The number of hydrogen-bond acceptors (Lipinski definition) is 6. The average Bonchev–Trinajstić information content (AvgIpc) is 1.88. The second-order valence-corrected chi connectivity index (χ2v) is 1.59. The van der Waals surface area contributed by atoms with E-state index >= 15 is 0 Å². The van der Waals surface area contributed by atoms with Crippen LogP contribution in [0.15, 0.2) is 12.7 Å². The molecular weight excluding hydrogens is 272 g/mol. The van der Waals surface area contributed by atoms with E-state index in [1.54, 1.807) is 0 Å². The van der Waals surface area contributed by atoms with Crippen LogP contribution in [0.25, 0.3) is 0 Å². The molecule has 0 bridgehead atoms. The van der Waals surface area contributed by atoms with Gasteiger partial charge in [0.1, 0.15) is 0 Å². The summed E-state index contributed by atoms with van der Waals surface area (Å²) in [5.74, 6) is -1.23. The van der Waals surface area contributed by atoms with Crippen molar-refractivity contribution in [2.24, 2.45) is 0 Å². The van der Waals surface area contributed by atoms with Crippen molar-refractivity contribution in [2.45, 2.75) is 0 Å². The van der Waals surface area contributed by atoms with Gasteiger partial charge in [-0.1, -0.05) is 6.58 Å². The molecule has 0 aromatic heterocycles. The van der Waals surface area contributed by atoms with Gasteiger partial charge in [-0.3, -0.25) is 0 Å². The van der Waals surface area contributed by atoms with E-state index in [1.807, 2.05) is 0 Å². The van der Waals surface area contributed by atoms with Gasteiger partial charge < -0.3 is 24.0 Å². The van der Waals surface area contributed by atoms with Crippen molar-refractivity contribution >= 4 is 30.6 Å². The van der Waals surface area contributed by atoms with Crippen molar-refractivity contribution in [2.75, 3.05) is 0 Å². The Kier molecular flexibility index (Phi) is 86.3. The molecule has 0 heterocycles. The van der Waals surface area contributed by atoms with Crippen LogP contribution in [-0.2, 0) is 13.1 Å². The van der Waals surface area contributed by atoms with Gasteiger partial charge in [0, 0.05) is 9.17 Å². The zero-order chi connectivity index (χ0) is 10.6. The molecule has 0 unspecified atom stereocenters. The molecule has 0 saturated carbocycles. The first kappa shape index (κ1) is 36.0. The molecule has 0 aromatic rings. The Bertz CT molecular complexity index is 164. The molecular formula is C3H4AlNa3O7Si. The van der Waals surface area contributed by atoms with E-state index < -0.39 is 30.6 Å². The third-order valence-electron chi connectivity index (χ3n) is 0.167. The molecule has 12 heteroatoms. The molecule has 0 saturated heterocycles. The molecule has 0 amide bonds. The minimum atomic E-state index is -3.63. The molecule has 0 aliphatic rings. The summed E-state index contributed by atoms with van der Waals surface area (Å²) < 4.78 is 24.2. The average molecular weight is 276 g/mol. The van der Waals surface area contributed by atoms with Gasteiger partial charge in [0.2, 0.25) is 0 Å². The number of aliphatic carboxylic acids is 1. The second-order valence-electron chi connectivity index (χ2n) is 0.879. The van der Waals surface area contributed by atoms with E-state index in [-0.39, 0.29) is 88.7 Å². The predicted octanol–water partition coefficient (Wildman–Crippen LogP) is -14.0. The molecule has 0 rings (SSSR count). The fourth-order valence-corrected chi connectivity index (χ4v) is 0. The third-order valence-corrected chi connectivity index (χ3v) is 0.167. The zero-order valence-corrected chi connectivity index (χ0v) is 16.9. The Hall–Kier alpha value is 1.96. The van der Waals surface area contributed by atoms with Crippen LogP contribution in [-0.4, -0.2) is 34.8 Å². The van der Waals surface area contributed by atoms with Crippen LogP contribution in [0.4, 0.5) is 0 Å². The summed E-state index contributed by atoms with van der Waals surface area (Å²) in [5, 5.41) is 9.14. The minimum absolute atomic E-state index is 0. The van der Waals surface area contributed by atoms with Crippen molar-refractivity contribution in [1.29, 1.82) is 0 Å². The maximum absolute atomic E-state index is 9.14. The van der Waals surface area contributed by atoms with Gasteiger partial charge in [0.05, 0.1) is 5.97 Å². The number of carbonyl (C=O) groups is 1. The van der Waals surface area contributed by atoms with Crippen molar-refractivity contribution in [3.8, 4) is 0 Å². The Morgan fingerprint density at radius 3 is 1.40 bits per heavy atom. The number of rotatable bonds is 1. The number of hydrogen-bond donors (Lipinski definition) is 1. The van der Waals surface area contributed by atoms with E-state index in [4.69, 9.17) is 31.9 Å². The van der Waals surface area contributed by atoms with E-state index in [0.29, 0.717) is 0 Å². The summed E-state index contributed by atoms with van der Waals surface area (Å²) in [6.07, 6.45) is 0.722. The second kappa shape index (κ2) is 36.0. The fraction of sp³-hybridized carbons (Fsp3) is 0. The predicted molar refractivity (Wildman–Crippen MR) is 30.3 cm³/mol. The summed E-state index contributed by atoms with van der Waals surface area (Å²) in [6, 6.07) is 0. The van der Waals surface area contributed by atoms with Crippen molar-refractivity contribution < 1.29 is 121 Å². The van der Waals surface area contributed by atoms with Crippen LogP contribution in [0.2, 0.25) is 0 Å². The van der Waals surface area contributed by atoms with Gasteiger partial charge in [-0.25, -0.2) is 0 Å². The van der Waals surface area contributed by atoms with Crippen molar-refractivity contribution in [3.63, 3.8) is 0 Å². The first-order valence-electron chi connectivity index (χ1n) is 2.21. The Morgan fingerprint density at radius 1 is 1.33 bits per heavy atom. The van der Waals surface area contributed by atoms with E-state index in [1.165, 1.54) is 0 Å². The van der Waals surface area contributed by atoms with Crippen LogP contribution in [0, 0.1) is 0 Å². The first-order chi connectivity index (χ1) is 5.42. The monoisotopic (exact) mass is 276 g/mol. The first-order valence-corrected chi connectivity index (χ1v) is 4.42.